The number of esters is 1. The second-order valence-electron chi connectivity index (χ2n) is 7.19. The van der Waals surface area contributed by atoms with Crippen LogP contribution < -0.4 is 34.8 Å². The molecule has 2 unspecified atom stereocenters. The second-order valence-corrected chi connectivity index (χ2v) is 7.97. The Hall–Kier alpha value is 0.620. The van der Waals surface area contributed by atoms with E-state index in [0.29, 0.717) is 18.8 Å². The third-order valence-electron chi connectivity index (χ3n) is 4.99. The average Bonchev–Trinajstić information content (AvgIpc) is 2.70. The van der Waals surface area contributed by atoms with Crippen LogP contribution in [0.5, 0.6) is 0 Å². The predicted octanol–water partition coefficient (Wildman–Crippen LogP) is 1.69. The fraction of sp³-hybridized carbons (Fsp3) is 0.950. The van der Waals surface area contributed by atoms with Crippen LogP contribution in [0.4, 0.5) is 0 Å². The molecule has 0 aliphatic carbocycles. The molecule has 0 saturated heterocycles. The van der Waals surface area contributed by atoms with Gasteiger partial charge in [-0.25, -0.2) is 9.78 Å². The summed E-state index contributed by atoms with van der Waals surface area (Å²) in [5, 5.41) is 12.9. The third-order valence-corrected chi connectivity index (χ3v) is 5.47. The van der Waals surface area contributed by atoms with E-state index >= 15 is 0 Å². The monoisotopic (exact) mass is 446 g/mol. The fourth-order valence-electron chi connectivity index (χ4n) is 3.02. The summed E-state index contributed by atoms with van der Waals surface area (Å²) in [4.78, 5) is 23.1. The van der Waals surface area contributed by atoms with Gasteiger partial charge in [0.2, 0.25) is 0 Å². The van der Waals surface area contributed by atoms with Crippen LogP contribution in [0.3, 0.4) is 0 Å². The van der Waals surface area contributed by atoms with Gasteiger partial charge in [0.1, 0.15) is 6.10 Å². The summed E-state index contributed by atoms with van der Waals surface area (Å²) in [6.07, 6.45) is 9.27. The summed E-state index contributed by atoms with van der Waals surface area (Å²) < 4.78 is 9.91. The SMILES string of the molecule is CCCCCC(CC)OC(=O)CC(CC)(CCCC)COOCCSOO[O-].[Na+]. The zero-order valence-corrected chi connectivity index (χ0v) is 21.9. The molecule has 2 atom stereocenters. The average molecular weight is 447 g/mol. The van der Waals surface area contributed by atoms with E-state index in [9.17, 15) is 10.1 Å². The smallest absolute Gasteiger partial charge is 0.691 e. The first-order valence-electron chi connectivity index (χ1n) is 10.6. The molecular weight excluding hydrogens is 407 g/mol. The van der Waals surface area contributed by atoms with Crippen molar-refractivity contribution in [3.63, 3.8) is 0 Å². The third kappa shape index (κ3) is 16.9. The zero-order chi connectivity index (χ0) is 21.1. The summed E-state index contributed by atoms with van der Waals surface area (Å²) in [6, 6.07) is 0. The summed E-state index contributed by atoms with van der Waals surface area (Å²) >= 11 is 0.845. The van der Waals surface area contributed by atoms with E-state index < -0.39 is 0 Å². The van der Waals surface area contributed by atoms with E-state index in [2.05, 4.69) is 37.1 Å². The van der Waals surface area contributed by atoms with E-state index in [0.717, 1.165) is 63.4 Å². The maximum absolute atomic E-state index is 12.6. The minimum atomic E-state index is -0.295. The molecule has 0 fully saturated rings. The Morgan fingerprint density at radius 1 is 1.07 bits per heavy atom. The minimum Gasteiger partial charge on any atom is -0.691 e. The van der Waals surface area contributed by atoms with Crippen LogP contribution in [-0.4, -0.2) is 31.0 Å². The van der Waals surface area contributed by atoms with Gasteiger partial charge in [0.15, 0.2) is 0 Å². The zero-order valence-electron chi connectivity index (χ0n) is 19.0. The van der Waals surface area contributed by atoms with Crippen molar-refractivity contribution in [2.75, 3.05) is 19.0 Å². The van der Waals surface area contributed by atoms with Crippen LogP contribution in [0.2, 0.25) is 0 Å². The van der Waals surface area contributed by atoms with Crippen molar-refractivity contribution in [2.45, 2.75) is 98.0 Å². The fourth-order valence-corrected chi connectivity index (χ4v) is 3.26. The molecule has 0 aliphatic heterocycles. The van der Waals surface area contributed by atoms with E-state index in [1.54, 1.807) is 0 Å². The van der Waals surface area contributed by atoms with Gasteiger partial charge in [-0.1, -0.05) is 53.4 Å². The van der Waals surface area contributed by atoms with Crippen LogP contribution in [0.1, 0.15) is 91.9 Å². The maximum atomic E-state index is 12.6. The van der Waals surface area contributed by atoms with Gasteiger partial charge in [-0.2, -0.15) is 4.33 Å². The Morgan fingerprint density at radius 3 is 2.38 bits per heavy atom. The topological polar surface area (TPSA) is 86.3 Å². The van der Waals surface area contributed by atoms with E-state index in [-0.39, 0.29) is 53.7 Å². The molecule has 0 N–H and O–H groups in total. The second kappa shape index (κ2) is 21.8. The van der Waals surface area contributed by atoms with Gasteiger partial charge < -0.3 is 9.99 Å². The Labute approximate surface area is 203 Å². The Kier molecular flexibility index (Phi) is 23.9. The Balaban J connectivity index is 0. The van der Waals surface area contributed by atoms with Crippen molar-refractivity contribution in [2.24, 2.45) is 5.41 Å². The molecule has 0 aromatic carbocycles. The van der Waals surface area contributed by atoms with Gasteiger partial charge in [0, 0.05) is 23.2 Å². The molecule has 0 aliphatic rings. The molecule has 0 spiro atoms. The molecule has 29 heavy (non-hydrogen) atoms. The number of rotatable bonds is 20. The van der Waals surface area contributed by atoms with Gasteiger partial charge in [0.25, 0.3) is 0 Å². The first kappa shape index (κ1) is 31.8. The van der Waals surface area contributed by atoms with Crippen LogP contribution in [0.25, 0.3) is 0 Å². The number of unbranched alkanes of at least 4 members (excludes halogenated alkanes) is 3. The van der Waals surface area contributed by atoms with Crippen LogP contribution in [-0.2, 0) is 28.7 Å². The predicted molar refractivity (Wildman–Crippen MR) is 108 cm³/mol. The summed E-state index contributed by atoms with van der Waals surface area (Å²) in [6.45, 7) is 9.01. The van der Waals surface area contributed by atoms with Crippen LogP contribution in [0, 0.1) is 5.41 Å². The number of hydrogen-bond acceptors (Lipinski definition) is 8. The molecule has 0 aromatic heterocycles. The molecule has 0 radical (unpaired) electrons. The van der Waals surface area contributed by atoms with Gasteiger partial charge in [-0.15, -0.1) is 0 Å². The van der Waals surface area contributed by atoms with Crippen molar-refractivity contribution in [1.29, 1.82) is 0 Å². The first-order chi connectivity index (χ1) is 13.6. The normalized spacial score (nSPS) is 14.1. The Morgan fingerprint density at radius 2 is 1.79 bits per heavy atom. The largest absolute Gasteiger partial charge is 1.00 e. The van der Waals surface area contributed by atoms with Gasteiger partial charge in [-0.3, -0.25) is 9.83 Å². The first-order valence-corrected chi connectivity index (χ1v) is 11.5. The molecule has 0 heterocycles. The molecule has 0 amide bonds. The van der Waals surface area contributed by atoms with E-state index in [1.165, 1.54) is 6.42 Å². The molecule has 7 nitrogen and oxygen atoms in total. The van der Waals surface area contributed by atoms with Gasteiger partial charge in [0.05, 0.1) is 19.6 Å². The summed E-state index contributed by atoms with van der Waals surface area (Å²) in [7, 11) is 0. The number of ether oxygens (including phenoxy) is 1. The quantitative estimate of drug-likeness (QED) is 0.0697. The summed E-state index contributed by atoms with van der Waals surface area (Å²) in [5.41, 5.74) is -0.295. The van der Waals surface area contributed by atoms with E-state index in [1.807, 2.05) is 0 Å². The standard InChI is InChI=1S/C20H40O7S.Na/c1-5-9-11-12-18(7-3)25-19(21)16-20(8-4,13-10-6-2)17-24-23-14-15-28-27-26-22;/h18,22H,5-17H2,1-4H3;/q;+1/p-1. The van der Waals surface area contributed by atoms with Gasteiger partial charge in [-0.05, 0) is 32.1 Å². The molecule has 168 valence electrons. The van der Waals surface area contributed by atoms with Crippen molar-refractivity contribution < 1.29 is 63.5 Å². The summed E-state index contributed by atoms with van der Waals surface area (Å²) in [5.74, 6) is 0.246. The maximum Gasteiger partial charge on any atom is 1.00 e. The number of hydrogen-bond donors (Lipinski definition) is 0. The van der Waals surface area contributed by atoms with Crippen LogP contribution in [0.15, 0.2) is 0 Å². The van der Waals surface area contributed by atoms with E-state index in [4.69, 9.17) is 14.5 Å². The van der Waals surface area contributed by atoms with Crippen molar-refractivity contribution >= 4 is 18.0 Å². The van der Waals surface area contributed by atoms with Crippen LogP contribution >= 0.6 is 12.0 Å². The molecule has 9 heteroatoms. The number of carbonyl (C=O) groups excluding carboxylic acids is 1. The Bertz CT molecular complexity index is 377. The van der Waals surface area contributed by atoms with Crippen molar-refractivity contribution in [3.8, 4) is 0 Å². The number of carbonyl (C=O) groups is 1. The molecule has 0 rings (SSSR count). The molecule has 0 saturated carbocycles. The van der Waals surface area contributed by atoms with Crippen molar-refractivity contribution in [3.05, 3.63) is 0 Å². The molecular formula is C20H39NaO7S. The van der Waals surface area contributed by atoms with Gasteiger partial charge >= 0.3 is 35.5 Å². The molecule has 0 bridgehead atoms. The molecule has 0 aromatic rings. The minimum absolute atomic E-state index is 0. The van der Waals surface area contributed by atoms with Crippen molar-refractivity contribution in [1.82, 2.24) is 0 Å².